The van der Waals surface area contributed by atoms with E-state index in [2.05, 4.69) is 16.9 Å². The summed E-state index contributed by atoms with van der Waals surface area (Å²) in [4.78, 5) is 53.1. The van der Waals surface area contributed by atoms with Crippen LogP contribution < -0.4 is 9.47 Å². The first kappa shape index (κ1) is 40.2. The molecular weight excluding hydrogens is 647 g/mol. The van der Waals surface area contributed by atoms with Gasteiger partial charge in [0, 0.05) is 5.69 Å². The maximum absolute atomic E-state index is 11.9. The number of pyridine rings is 2. The summed E-state index contributed by atoms with van der Waals surface area (Å²) in [5.41, 5.74) is 3.77. The normalized spacial score (nSPS) is 10.1. The minimum absolute atomic E-state index is 0.250. The van der Waals surface area contributed by atoms with Crippen molar-refractivity contribution in [1.82, 2.24) is 9.97 Å². The van der Waals surface area contributed by atoms with Crippen LogP contribution >= 0.6 is 23.2 Å². The molecule has 4 aromatic rings. The fourth-order valence-electron chi connectivity index (χ4n) is 3.91. The molecule has 0 saturated heterocycles. The zero-order valence-electron chi connectivity index (χ0n) is 26.3. The fourth-order valence-corrected chi connectivity index (χ4v) is 4.35. The zero-order chi connectivity index (χ0) is 34.9. The first-order valence-corrected chi connectivity index (χ1v) is 15.3. The molecular formula is C35H36Cl2N2O8. The zero-order valence-corrected chi connectivity index (χ0v) is 27.8. The van der Waals surface area contributed by atoms with Crippen molar-refractivity contribution in [3.05, 3.63) is 118 Å². The predicted molar refractivity (Wildman–Crippen MR) is 174 cm³/mol. The summed E-state index contributed by atoms with van der Waals surface area (Å²) in [6, 6.07) is 27.2. The van der Waals surface area contributed by atoms with Crippen LogP contribution in [0, 0.1) is 0 Å². The number of rotatable bonds is 12. The average molecular weight is 684 g/mol. The van der Waals surface area contributed by atoms with Gasteiger partial charge in [-0.15, -0.1) is 0 Å². The van der Waals surface area contributed by atoms with E-state index in [1.165, 1.54) is 0 Å². The Kier molecular flexibility index (Phi) is 20.8. The van der Waals surface area contributed by atoms with Gasteiger partial charge in [0.2, 0.25) is 0 Å². The lowest BCUT2D eigenvalue weighted by molar-refractivity contribution is -0.193. The number of benzene rings is 2. The quantitative estimate of drug-likeness (QED) is 0.109. The van der Waals surface area contributed by atoms with Crippen LogP contribution in [0.15, 0.2) is 84.9 Å². The van der Waals surface area contributed by atoms with E-state index in [1.54, 1.807) is 19.1 Å². The van der Waals surface area contributed by atoms with Gasteiger partial charge in [0.1, 0.15) is 13.2 Å². The monoisotopic (exact) mass is 682 g/mol. The Labute approximate surface area is 284 Å². The lowest BCUT2D eigenvalue weighted by Gasteiger charge is -2.14. The Hall–Kier alpha value is -4.85. The lowest BCUT2D eigenvalue weighted by atomic mass is 10.0. The van der Waals surface area contributed by atoms with Gasteiger partial charge in [0.05, 0.1) is 18.2 Å². The highest BCUT2D eigenvalue weighted by Gasteiger charge is 2.22. The number of halogens is 2. The largest absolute Gasteiger partial charge is 0.486 e. The molecule has 0 spiro atoms. The van der Waals surface area contributed by atoms with Crippen molar-refractivity contribution < 1.29 is 38.2 Å². The number of nitrogens with zero attached hydrogens (tertiary/aromatic N) is 2. The summed E-state index contributed by atoms with van der Waals surface area (Å²) >= 11 is 12.3. The number of hydrogen-bond donors (Lipinski definition) is 0. The van der Waals surface area contributed by atoms with E-state index < -0.39 is 5.92 Å². The van der Waals surface area contributed by atoms with Crippen molar-refractivity contribution in [3.63, 3.8) is 0 Å². The summed E-state index contributed by atoms with van der Waals surface area (Å²) in [5, 5.41) is 0.693. The summed E-state index contributed by atoms with van der Waals surface area (Å²) in [7, 11) is 0. The molecule has 0 radical (unpaired) electrons. The average Bonchev–Trinajstić information content (AvgIpc) is 3.07. The molecule has 0 aliphatic rings. The van der Waals surface area contributed by atoms with Crippen molar-refractivity contribution in [2.24, 2.45) is 0 Å². The van der Waals surface area contributed by atoms with Crippen LogP contribution in [0.1, 0.15) is 62.0 Å². The third-order valence-corrected chi connectivity index (χ3v) is 6.57. The first-order chi connectivity index (χ1) is 22.8. The molecule has 1 atom stereocenters. The van der Waals surface area contributed by atoms with Crippen LogP contribution in [0.4, 0.5) is 0 Å². The second-order valence-electron chi connectivity index (χ2n) is 9.29. The summed E-state index contributed by atoms with van der Waals surface area (Å²) in [6.07, 6.45) is 3.11. The molecule has 2 aromatic carbocycles. The number of aromatic nitrogens is 2. The van der Waals surface area contributed by atoms with Crippen LogP contribution in [0.25, 0.3) is 0 Å². The fraction of sp³-hybridized carbons (Fsp3) is 0.286. The van der Waals surface area contributed by atoms with Gasteiger partial charge >= 0.3 is 18.3 Å². The molecule has 0 aliphatic heterocycles. The van der Waals surface area contributed by atoms with Gasteiger partial charge in [-0.05, 0) is 55.2 Å². The highest BCUT2D eigenvalue weighted by atomic mass is 35.5. The van der Waals surface area contributed by atoms with Crippen LogP contribution in [-0.2, 0) is 48.3 Å². The molecule has 12 heteroatoms. The van der Waals surface area contributed by atoms with Gasteiger partial charge in [-0.3, -0.25) is 4.79 Å². The summed E-state index contributed by atoms with van der Waals surface area (Å²) < 4.78 is 16.4. The minimum Gasteiger partial charge on any atom is -0.486 e. The number of hydrogen-bond acceptors (Lipinski definition) is 10. The third kappa shape index (κ3) is 15.8. The van der Waals surface area contributed by atoms with Crippen molar-refractivity contribution in [2.45, 2.75) is 59.2 Å². The van der Waals surface area contributed by atoms with E-state index in [9.17, 15) is 4.79 Å². The van der Waals surface area contributed by atoms with Crippen LogP contribution in [0.5, 0.6) is 11.5 Å². The van der Waals surface area contributed by atoms with Crippen LogP contribution in [-0.4, -0.2) is 34.8 Å². The highest BCUT2D eigenvalue weighted by Crippen LogP contribution is 2.28. The van der Waals surface area contributed by atoms with Gasteiger partial charge in [-0.1, -0.05) is 104 Å². The van der Waals surface area contributed by atoms with Crippen molar-refractivity contribution in [1.29, 1.82) is 0 Å². The van der Waals surface area contributed by atoms with Gasteiger partial charge in [0.15, 0.2) is 21.8 Å². The molecule has 1 unspecified atom stereocenters. The number of carbonyl (C=O) groups is 1. The van der Waals surface area contributed by atoms with Crippen molar-refractivity contribution in [3.8, 4) is 11.5 Å². The molecule has 0 fully saturated rings. The lowest BCUT2D eigenvalue weighted by Crippen LogP contribution is -2.16. The molecule has 47 heavy (non-hydrogen) atoms. The second kappa shape index (κ2) is 24.4. The predicted octanol–water partition coefficient (Wildman–Crippen LogP) is 7.47. The molecule has 0 saturated carbocycles. The molecule has 0 bridgehead atoms. The van der Waals surface area contributed by atoms with Crippen molar-refractivity contribution in [2.75, 3.05) is 6.61 Å². The van der Waals surface area contributed by atoms with Gasteiger partial charge in [0.25, 0.3) is 0 Å². The molecule has 2 aromatic heterocycles. The minimum atomic E-state index is -0.407. The first-order valence-electron chi connectivity index (χ1n) is 14.6. The van der Waals surface area contributed by atoms with Crippen LogP contribution in [0.3, 0.4) is 0 Å². The maximum atomic E-state index is 11.9. The molecule has 0 aliphatic carbocycles. The standard InChI is InChI=1S/C18H20ClNO3.C15H16ClNO.2CO2/c1-3-14(18(21)22-4-2)15-10-11-16(17(19)20-15)23-12-13-8-6-5-7-9-13;1-2-6-13-9-10-14(15(16)17-13)18-11-12-7-4-3-5-8-12;2*2-1-3/h5-11,14H,3-4,12H2,1-2H3;3-5,7-10H,2,6,11H2,1H3;;. The number of esters is 1. The van der Waals surface area contributed by atoms with Gasteiger partial charge in [-0.25, -0.2) is 9.97 Å². The SMILES string of the molecule is CCCc1ccc(OCc2ccccc2)c(Cl)n1.CCOC(=O)C(CC)c1ccc(OCc2ccccc2)c(Cl)n1.O=C=O.O=C=O. The Balaban J connectivity index is 0.000000410. The number of carbonyl (C=O) groups excluding carboxylic acids is 5. The second-order valence-corrected chi connectivity index (χ2v) is 10.0. The Bertz CT molecular complexity index is 1530. The highest BCUT2D eigenvalue weighted by molar-refractivity contribution is 6.31. The molecule has 0 amide bonds. The summed E-state index contributed by atoms with van der Waals surface area (Å²) in [6.45, 7) is 7.09. The van der Waals surface area contributed by atoms with E-state index in [1.807, 2.05) is 79.7 Å². The van der Waals surface area contributed by atoms with Gasteiger partial charge in [-0.2, -0.15) is 19.2 Å². The van der Waals surface area contributed by atoms with Gasteiger partial charge < -0.3 is 14.2 Å². The Morgan fingerprint density at radius 3 is 1.57 bits per heavy atom. The molecule has 4 rings (SSSR count). The topological polar surface area (TPSA) is 139 Å². The van der Waals surface area contributed by atoms with E-state index in [0.29, 0.717) is 48.6 Å². The van der Waals surface area contributed by atoms with E-state index in [-0.39, 0.29) is 23.4 Å². The molecule has 248 valence electrons. The number of aryl methyl sites for hydroxylation is 1. The Morgan fingerprint density at radius 1 is 0.702 bits per heavy atom. The molecule has 2 heterocycles. The third-order valence-electron chi connectivity index (χ3n) is 6.03. The number of ether oxygens (including phenoxy) is 3. The van der Waals surface area contributed by atoms with E-state index in [0.717, 1.165) is 29.7 Å². The maximum Gasteiger partial charge on any atom is 0.373 e. The van der Waals surface area contributed by atoms with E-state index >= 15 is 0 Å². The van der Waals surface area contributed by atoms with Crippen LogP contribution in [0.2, 0.25) is 10.3 Å². The van der Waals surface area contributed by atoms with Crippen molar-refractivity contribution >= 4 is 41.5 Å². The Morgan fingerprint density at radius 2 is 1.17 bits per heavy atom. The molecule has 10 nitrogen and oxygen atoms in total. The molecule has 0 N–H and O–H groups in total. The van der Waals surface area contributed by atoms with E-state index in [4.69, 9.17) is 56.6 Å². The smallest absolute Gasteiger partial charge is 0.373 e. The summed E-state index contributed by atoms with van der Waals surface area (Å²) in [5.74, 6) is 0.450.